The first kappa shape index (κ1) is 15.2. The molecule has 1 rings (SSSR count). The van der Waals surface area contributed by atoms with Gasteiger partial charge in [0.05, 0.1) is 12.2 Å². The summed E-state index contributed by atoms with van der Waals surface area (Å²) in [6, 6.07) is 0. The quantitative estimate of drug-likeness (QED) is 0.278. The van der Waals surface area contributed by atoms with Gasteiger partial charge in [-0.05, 0) is 38.5 Å². The van der Waals surface area contributed by atoms with E-state index in [4.69, 9.17) is 4.74 Å². The molecule has 1 saturated heterocycles. The molecule has 1 aliphatic heterocycles. The number of ether oxygens (including phenoxy) is 1. The summed E-state index contributed by atoms with van der Waals surface area (Å²) in [5.74, 6) is 0. The van der Waals surface area contributed by atoms with Gasteiger partial charge in [-0.2, -0.15) is 0 Å². The normalized spacial score (nSPS) is 22.9. The van der Waals surface area contributed by atoms with Crippen LogP contribution in [0.2, 0.25) is 0 Å². The molecule has 0 aliphatic carbocycles. The summed E-state index contributed by atoms with van der Waals surface area (Å²) in [6.45, 7) is 5.91. The van der Waals surface area contributed by atoms with Gasteiger partial charge in [-0.25, -0.2) is 0 Å². The molecular weight excluding hydrogens is 220 g/mol. The number of hydrogen-bond acceptors (Lipinski definition) is 1. The lowest BCUT2D eigenvalue weighted by molar-refractivity contribution is 0.359. The maximum absolute atomic E-state index is 5.66. The van der Waals surface area contributed by atoms with E-state index in [1.807, 2.05) is 6.08 Å². The number of rotatable bonds is 11. The fourth-order valence-electron chi connectivity index (χ4n) is 2.12. The molecule has 18 heavy (non-hydrogen) atoms. The number of epoxide rings is 1. The van der Waals surface area contributed by atoms with Gasteiger partial charge in [-0.1, -0.05) is 50.1 Å². The zero-order valence-corrected chi connectivity index (χ0v) is 11.8. The van der Waals surface area contributed by atoms with Crippen LogP contribution in [0.4, 0.5) is 0 Å². The summed E-state index contributed by atoms with van der Waals surface area (Å²) in [7, 11) is 0. The molecule has 0 spiro atoms. The van der Waals surface area contributed by atoms with E-state index >= 15 is 0 Å². The van der Waals surface area contributed by atoms with Gasteiger partial charge in [-0.15, -0.1) is 6.58 Å². The smallest absolute Gasteiger partial charge is 0.0876 e. The third-order valence-electron chi connectivity index (χ3n) is 3.29. The van der Waals surface area contributed by atoms with E-state index in [2.05, 4.69) is 37.8 Å². The number of allylic oxidation sites excluding steroid dienone is 4. The van der Waals surface area contributed by atoms with Crippen LogP contribution in [-0.4, -0.2) is 12.2 Å². The van der Waals surface area contributed by atoms with E-state index < -0.39 is 0 Å². The summed E-state index contributed by atoms with van der Waals surface area (Å²) in [5, 5.41) is 0. The minimum absolute atomic E-state index is 0.510. The van der Waals surface area contributed by atoms with Gasteiger partial charge in [0.1, 0.15) is 0 Å². The second-order valence-electron chi connectivity index (χ2n) is 4.96. The molecule has 0 N–H and O–H groups in total. The molecule has 0 saturated carbocycles. The Morgan fingerprint density at radius 3 is 2.61 bits per heavy atom. The average molecular weight is 248 g/mol. The van der Waals surface area contributed by atoms with Crippen molar-refractivity contribution in [2.75, 3.05) is 0 Å². The predicted molar refractivity (Wildman–Crippen MR) is 79.7 cm³/mol. The molecule has 0 amide bonds. The van der Waals surface area contributed by atoms with Gasteiger partial charge in [-0.3, -0.25) is 0 Å². The van der Waals surface area contributed by atoms with E-state index in [-0.39, 0.29) is 0 Å². The van der Waals surface area contributed by atoms with E-state index in [0.717, 1.165) is 25.7 Å². The first-order valence-electron chi connectivity index (χ1n) is 7.44. The average Bonchev–Trinajstić information content (AvgIpc) is 3.12. The Morgan fingerprint density at radius 1 is 1.00 bits per heavy atom. The molecule has 0 aromatic carbocycles. The van der Waals surface area contributed by atoms with E-state index in [1.165, 1.54) is 25.7 Å². The molecule has 1 heteroatoms. The van der Waals surface area contributed by atoms with Crippen LogP contribution in [0, 0.1) is 0 Å². The predicted octanol–water partition coefficient (Wildman–Crippen LogP) is 5.19. The Kier molecular flexibility index (Phi) is 8.58. The SMILES string of the molecule is C=CCCCCCC1OC1C/C=C\C/C=C/CC. The van der Waals surface area contributed by atoms with Crippen LogP contribution < -0.4 is 0 Å². The zero-order valence-electron chi connectivity index (χ0n) is 11.8. The van der Waals surface area contributed by atoms with Crippen LogP contribution in [0.1, 0.15) is 58.3 Å². The highest BCUT2D eigenvalue weighted by Gasteiger charge is 2.36. The van der Waals surface area contributed by atoms with Gasteiger partial charge in [0.25, 0.3) is 0 Å². The van der Waals surface area contributed by atoms with Gasteiger partial charge in [0.15, 0.2) is 0 Å². The van der Waals surface area contributed by atoms with Gasteiger partial charge in [0, 0.05) is 0 Å². The highest BCUT2D eigenvalue weighted by Crippen LogP contribution is 2.30. The Hall–Kier alpha value is -0.820. The lowest BCUT2D eigenvalue weighted by Gasteiger charge is -1.95. The number of hydrogen-bond donors (Lipinski definition) is 0. The van der Waals surface area contributed by atoms with Gasteiger partial charge in [0.2, 0.25) is 0 Å². The second-order valence-corrected chi connectivity index (χ2v) is 4.96. The zero-order chi connectivity index (χ0) is 13.1. The van der Waals surface area contributed by atoms with Crippen LogP contribution in [0.5, 0.6) is 0 Å². The highest BCUT2D eigenvalue weighted by atomic mass is 16.6. The summed E-state index contributed by atoms with van der Waals surface area (Å²) in [6.07, 6.45) is 21.6. The highest BCUT2D eigenvalue weighted by molar-refractivity contribution is 4.97. The molecule has 1 nitrogen and oxygen atoms in total. The van der Waals surface area contributed by atoms with Gasteiger partial charge < -0.3 is 4.74 Å². The molecule has 1 fully saturated rings. The molecule has 102 valence electrons. The van der Waals surface area contributed by atoms with Crippen LogP contribution in [0.15, 0.2) is 37.0 Å². The van der Waals surface area contributed by atoms with Crippen molar-refractivity contribution in [3.63, 3.8) is 0 Å². The lowest BCUT2D eigenvalue weighted by atomic mass is 10.1. The molecule has 2 unspecified atom stereocenters. The fraction of sp³-hybridized carbons (Fsp3) is 0.647. The first-order valence-corrected chi connectivity index (χ1v) is 7.44. The Bertz CT molecular complexity index is 265. The molecule has 0 aromatic rings. The van der Waals surface area contributed by atoms with Crippen molar-refractivity contribution < 1.29 is 4.74 Å². The van der Waals surface area contributed by atoms with Crippen LogP contribution in [-0.2, 0) is 4.74 Å². The largest absolute Gasteiger partial charge is 0.369 e. The molecule has 1 heterocycles. The number of unbranched alkanes of at least 4 members (excludes halogenated alkanes) is 3. The third-order valence-corrected chi connectivity index (χ3v) is 3.29. The standard InChI is InChI=1S/C17H28O/c1-3-5-7-9-11-13-15-17-16(18-17)14-12-10-8-6-4-2/h4-5,7,11,13,16-17H,2-3,6,8-10,12,14-15H2,1H3/b7-5+,13-11-. The van der Waals surface area contributed by atoms with E-state index in [0.29, 0.717) is 12.2 Å². The van der Waals surface area contributed by atoms with Crippen molar-refractivity contribution in [1.29, 1.82) is 0 Å². The second kappa shape index (κ2) is 10.1. The molecule has 0 bridgehead atoms. The van der Waals surface area contributed by atoms with Crippen molar-refractivity contribution in [3.05, 3.63) is 37.0 Å². The summed E-state index contributed by atoms with van der Waals surface area (Å²) in [5.41, 5.74) is 0. The van der Waals surface area contributed by atoms with Crippen molar-refractivity contribution in [2.45, 2.75) is 70.5 Å². The van der Waals surface area contributed by atoms with Crippen LogP contribution in [0.3, 0.4) is 0 Å². The molecule has 0 radical (unpaired) electrons. The molecule has 1 aliphatic rings. The summed E-state index contributed by atoms with van der Waals surface area (Å²) in [4.78, 5) is 0. The summed E-state index contributed by atoms with van der Waals surface area (Å²) >= 11 is 0. The van der Waals surface area contributed by atoms with Crippen molar-refractivity contribution in [3.8, 4) is 0 Å². The fourth-order valence-corrected chi connectivity index (χ4v) is 2.12. The lowest BCUT2D eigenvalue weighted by Crippen LogP contribution is -1.92. The Balaban J connectivity index is 1.90. The topological polar surface area (TPSA) is 12.5 Å². The van der Waals surface area contributed by atoms with Crippen molar-refractivity contribution in [1.82, 2.24) is 0 Å². The minimum Gasteiger partial charge on any atom is -0.369 e. The van der Waals surface area contributed by atoms with Gasteiger partial charge >= 0.3 is 0 Å². The Labute approximate surface area is 113 Å². The maximum Gasteiger partial charge on any atom is 0.0876 e. The van der Waals surface area contributed by atoms with E-state index in [9.17, 15) is 0 Å². The van der Waals surface area contributed by atoms with Crippen LogP contribution in [0.25, 0.3) is 0 Å². The molecule has 2 atom stereocenters. The Morgan fingerprint density at radius 2 is 1.83 bits per heavy atom. The molecular formula is C17H28O. The van der Waals surface area contributed by atoms with Crippen molar-refractivity contribution >= 4 is 0 Å². The maximum atomic E-state index is 5.66. The molecule has 0 aromatic heterocycles. The minimum atomic E-state index is 0.510. The summed E-state index contributed by atoms with van der Waals surface area (Å²) < 4.78 is 5.66. The van der Waals surface area contributed by atoms with E-state index in [1.54, 1.807) is 0 Å². The first-order chi connectivity index (χ1) is 8.88. The third kappa shape index (κ3) is 7.50. The monoisotopic (exact) mass is 248 g/mol. The van der Waals surface area contributed by atoms with Crippen LogP contribution >= 0.6 is 0 Å². The van der Waals surface area contributed by atoms with Crippen molar-refractivity contribution in [2.24, 2.45) is 0 Å².